The molecule has 0 saturated carbocycles. The van der Waals surface area contributed by atoms with Crippen molar-refractivity contribution in [2.45, 2.75) is 39.2 Å². The van der Waals surface area contributed by atoms with Crippen molar-refractivity contribution in [3.63, 3.8) is 0 Å². The molecule has 2 aromatic rings. The summed E-state index contributed by atoms with van der Waals surface area (Å²) in [5.41, 5.74) is -0.285. The lowest BCUT2D eigenvalue weighted by atomic mass is 9.96. The molecule has 0 atom stereocenters. The van der Waals surface area contributed by atoms with Crippen molar-refractivity contribution in [2.75, 3.05) is 6.54 Å². The van der Waals surface area contributed by atoms with Crippen LogP contribution in [0.2, 0.25) is 0 Å². The summed E-state index contributed by atoms with van der Waals surface area (Å²) in [6.45, 7) is 6.22. The first kappa shape index (κ1) is 17.1. The zero-order chi connectivity index (χ0) is 16.9. The van der Waals surface area contributed by atoms with Crippen LogP contribution in [0, 0.1) is 0 Å². The van der Waals surface area contributed by atoms with Crippen LogP contribution in [0.5, 0.6) is 0 Å². The monoisotopic (exact) mass is 336 g/mol. The molecule has 2 rings (SSSR count). The Labute approximate surface area is 138 Å². The molecule has 2 heterocycles. The summed E-state index contributed by atoms with van der Waals surface area (Å²) in [4.78, 5) is 24.8. The molecule has 0 aliphatic carbocycles. The van der Waals surface area contributed by atoms with Crippen molar-refractivity contribution in [1.29, 1.82) is 0 Å². The van der Waals surface area contributed by atoms with Crippen LogP contribution < -0.4 is 10.6 Å². The molecular weight excluding hydrogens is 316 g/mol. The maximum Gasteiger partial charge on any atom is 0.321 e. The highest BCUT2D eigenvalue weighted by molar-refractivity contribution is 7.09. The molecule has 0 radical (unpaired) electrons. The topological polar surface area (TPSA) is 102 Å². The third kappa shape index (κ3) is 5.13. The number of nitrogens with zero attached hydrogens (tertiary/aromatic N) is 4. The van der Waals surface area contributed by atoms with E-state index in [9.17, 15) is 9.59 Å². The maximum atomic E-state index is 11.9. The van der Waals surface area contributed by atoms with E-state index in [2.05, 4.69) is 26.2 Å². The lowest BCUT2D eigenvalue weighted by Gasteiger charge is -2.16. The summed E-state index contributed by atoms with van der Waals surface area (Å²) in [6.07, 6.45) is 0.737. The minimum absolute atomic E-state index is 0.0993. The van der Waals surface area contributed by atoms with E-state index in [1.807, 2.05) is 38.3 Å². The van der Waals surface area contributed by atoms with Crippen LogP contribution in [-0.4, -0.2) is 38.7 Å². The van der Waals surface area contributed by atoms with Crippen molar-refractivity contribution in [3.8, 4) is 0 Å². The van der Waals surface area contributed by atoms with Crippen molar-refractivity contribution < 1.29 is 9.59 Å². The molecule has 0 aromatic carbocycles. The molecule has 2 N–H and O–H groups in total. The molecule has 2 aromatic heterocycles. The third-order valence-electron chi connectivity index (χ3n) is 2.99. The van der Waals surface area contributed by atoms with Crippen molar-refractivity contribution >= 4 is 23.3 Å². The number of aromatic nitrogens is 4. The third-order valence-corrected chi connectivity index (χ3v) is 3.92. The fourth-order valence-electron chi connectivity index (χ4n) is 1.95. The average molecular weight is 336 g/mol. The van der Waals surface area contributed by atoms with Crippen molar-refractivity contribution in [1.82, 2.24) is 30.8 Å². The Morgan fingerprint density at radius 1 is 1.35 bits per heavy atom. The number of carbonyl (C=O) groups is 2. The Morgan fingerprint density at radius 3 is 2.78 bits per heavy atom. The van der Waals surface area contributed by atoms with Gasteiger partial charge in [0.05, 0.1) is 0 Å². The van der Waals surface area contributed by atoms with Gasteiger partial charge in [-0.2, -0.15) is 0 Å². The highest BCUT2D eigenvalue weighted by Crippen LogP contribution is 2.18. The fraction of sp³-hybridized carbons (Fsp3) is 0.500. The number of urea groups is 1. The van der Waals surface area contributed by atoms with E-state index < -0.39 is 11.9 Å². The van der Waals surface area contributed by atoms with Crippen LogP contribution in [0.4, 0.5) is 4.79 Å². The SMILES string of the molecule is CC(C)(C)c1nnnn1CC(=O)NC(=O)NCCc1cccs1. The van der Waals surface area contributed by atoms with Gasteiger partial charge in [-0.15, -0.1) is 16.4 Å². The molecule has 3 amide bonds. The molecule has 8 nitrogen and oxygen atoms in total. The van der Waals surface area contributed by atoms with Gasteiger partial charge < -0.3 is 5.32 Å². The molecule has 23 heavy (non-hydrogen) atoms. The van der Waals surface area contributed by atoms with Gasteiger partial charge in [0.2, 0.25) is 5.91 Å². The lowest BCUT2D eigenvalue weighted by Crippen LogP contribution is -2.42. The smallest absolute Gasteiger partial charge is 0.321 e. The highest BCUT2D eigenvalue weighted by atomic mass is 32.1. The van der Waals surface area contributed by atoms with Crippen LogP contribution in [-0.2, 0) is 23.2 Å². The van der Waals surface area contributed by atoms with E-state index in [4.69, 9.17) is 0 Å². The molecule has 0 saturated heterocycles. The number of carbonyl (C=O) groups excluding carboxylic acids is 2. The number of tetrazole rings is 1. The molecule has 0 spiro atoms. The molecule has 0 unspecified atom stereocenters. The number of imide groups is 1. The number of hydrogen-bond donors (Lipinski definition) is 2. The van der Waals surface area contributed by atoms with E-state index >= 15 is 0 Å². The van der Waals surface area contributed by atoms with Gasteiger partial charge in [0.1, 0.15) is 6.54 Å². The van der Waals surface area contributed by atoms with Gasteiger partial charge in [-0.05, 0) is 28.3 Å². The van der Waals surface area contributed by atoms with Gasteiger partial charge in [-0.1, -0.05) is 26.8 Å². The first-order valence-electron chi connectivity index (χ1n) is 7.23. The lowest BCUT2D eigenvalue weighted by molar-refractivity contribution is -0.120. The minimum atomic E-state index is -0.517. The quantitative estimate of drug-likeness (QED) is 0.851. The molecular formula is C14H20N6O2S. The number of amides is 3. The van der Waals surface area contributed by atoms with Gasteiger partial charge in [-0.3, -0.25) is 10.1 Å². The molecule has 0 aliphatic heterocycles. The van der Waals surface area contributed by atoms with Crippen LogP contribution in [0.25, 0.3) is 0 Å². The molecule has 0 bridgehead atoms. The Kier molecular flexibility index (Phi) is 5.43. The number of thiophene rings is 1. The largest absolute Gasteiger partial charge is 0.337 e. The predicted molar refractivity (Wildman–Crippen MR) is 86.1 cm³/mol. The van der Waals surface area contributed by atoms with Gasteiger partial charge in [0.25, 0.3) is 0 Å². The van der Waals surface area contributed by atoms with Crippen molar-refractivity contribution in [3.05, 3.63) is 28.2 Å². The average Bonchev–Trinajstić information content (AvgIpc) is 3.08. The summed E-state index contributed by atoms with van der Waals surface area (Å²) < 4.78 is 1.40. The molecule has 124 valence electrons. The van der Waals surface area contributed by atoms with Crippen LogP contribution in [0.1, 0.15) is 31.5 Å². The molecule has 0 aliphatic rings. The van der Waals surface area contributed by atoms with E-state index in [1.165, 1.54) is 9.56 Å². The van der Waals surface area contributed by atoms with Crippen molar-refractivity contribution in [2.24, 2.45) is 0 Å². The van der Waals surface area contributed by atoms with Crippen LogP contribution in [0.3, 0.4) is 0 Å². The summed E-state index contributed by atoms with van der Waals surface area (Å²) in [5.74, 6) is 0.127. The normalized spacial score (nSPS) is 11.3. The molecule has 9 heteroatoms. The summed E-state index contributed by atoms with van der Waals surface area (Å²) in [6, 6.07) is 3.45. The summed E-state index contributed by atoms with van der Waals surface area (Å²) in [5, 5.41) is 18.2. The number of nitrogens with one attached hydrogen (secondary N) is 2. The Bertz CT molecular complexity index is 659. The minimum Gasteiger partial charge on any atom is -0.337 e. The standard InChI is InChI=1S/C14H20N6O2S/c1-14(2,3)12-17-18-19-20(12)9-11(21)16-13(22)15-7-6-10-5-4-8-23-10/h4-5,8H,6-7,9H2,1-3H3,(H2,15,16,21,22). The second kappa shape index (κ2) is 7.32. The second-order valence-electron chi connectivity index (χ2n) is 6.04. The second-order valence-corrected chi connectivity index (χ2v) is 7.08. The maximum absolute atomic E-state index is 11.9. The predicted octanol–water partition coefficient (Wildman–Crippen LogP) is 1.10. The summed E-state index contributed by atoms with van der Waals surface area (Å²) in [7, 11) is 0. The van der Waals surface area contributed by atoms with E-state index in [-0.39, 0.29) is 12.0 Å². The van der Waals surface area contributed by atoms with E-state index in [0.717, 1.165) is 6.42 Å². The van der Waals surface area contributed by atoms with Gasteiger partial charge in [0.15, 0.2) is 5.82 Å². The van der Waals surface area contributed by atoms with Gasteiger partial charge in [-0.25, -0.2) is 9.48 Å². The van der Waals surface area contributed by atoms with E-state index in [1.54, 1.807) is 11.3 Å². The fourth-order valence-corrected chi connectivity index (χ4v) is 2.66. The Hall–Kier alpha value is -2.29. The summed E-state index contributed by atoms with van der Waals surface area (Å²) >= 11 is 1.63. The number of rotatable bonds is 5. The Morgan fingerprint density at radius 2 is 2.13 bits per heavy atom. The first-order valence-corrected chi connectivity index (χ1v) is 8.11. The van der Waals surface area contributed by atoms with Gasteiger partial charge >= 0.3 is 6.03 Å². The van der Waals surface area contributed by atoms with Gasteiger partial charge in [0, 0.05) is 16.8 Å². The first-order chi connectivity index (χ1) is 10.9. The zero-order valence-electron chi connectivity index (χ0n) is 13.4. The van der Waals surface area contributed by atoms with Crippen LogP contribution >= 0.6 is 11.3 Å². The molecule has 0 fully saturated rings. The highest BCUT2D eigenvalue weighted by Gasteiger charge is 2.23. The van der Waals surface area contributed by atoms with E-state index in [0.29, 0.717) is 12.4 Å². The zero-order valence-corrected chi connectivity index (χ0v) is 14.2. The number of hydrogen-bond acceptors (Lipinski definition) is 6. The van der Waals surface area contributed by atoms with Crippen LogP contribution in [0.15, 0.2) is 17.5 Å². The Balaban J connectivity index is 1.78.